The zero-order chi connectivity index (χ0) is 28.3. The van der Waals surface area contributed by atoms with Crippen LogP contribution in [0, 0.1) is 10.1 Å². The second-order valence-electron chi connectivity index (χ2n) is 9.67. The lowest BCUT2D eigenvalue weighted by Crippen LogP contribution is -2.36. The molecule has 0 spiro atoms. The number of nitrogens with one attached hydrogen (secondary N) is 1. The van der Waals surface area contributed by atoms with Gasteiger partial charge in [0.25, 0.3) is 0 Å². The van der Waals surface area contributed by atoms with E-state index in [2.05, 4.69) is 5.32 Å². The smallest absolute Gasteiger partial charge is 0.336 e. The number of esters is 1. The molecule has 4 rings (SSSR count). The van der Waals surface area contributed by atoms with Crippen LogP contribution < -0.4 is 10.1 Å². The fraction of sp³-hybridized carbons (Fsp3) is 0.429. The number of thiophene rings is 1. The van der Waals surface area contributed by atoms with Crippen LogP contribution in [0.15, 0.2) is 52.2 Å². The summed E-state index contributed by atoms with van der Waals surface area (Å²) in [6, 6.07) is 6.59. The highest BCUT2D eigenvalue weighted by molar-refractivity contribution is 7.10. The van der Waals surface area contributed by atoms with Gasteiger partial charge in [-0.25, -0.2) is 4.79 Å². The third-order valence-electron chi connectivity index (χ3n) is 6.67. The van der Waals surface area contributed by atoms with Gasteiger partial charge in [0.2, 0.25) is 5.75 Å². The standard InChI is InChI=1S/C28H32N2O8S/c1-5-36-22-14-18(12-20(27(22)32)30(34)35)25-24(28(33)38-9-8-37-15(2)3)16(4)29-19-11-17(13-21(31)26(19)25)23-7-6-10-39-23/h6-7,10,12,14-15,17,25,29,32H,5,8-9,11,13H2,1-4H3/t17-,25-/m0/s1. The molecule has 1 aliphatic heterocycles. The van der Waals surface area contributed by atoms with Crippen molar-refractivity contribution >= 4 is 28.8 Å². The minimum atomic E-state index is -0.949. The number of ether oxygens (including phenoxy) is 3. The van der Waals surface area contributed by atoms with Crippen molar-refractivity contribution in [1.82, 2.24) is 5.32 Å². The van der Waals surface area contributed by atoms with Crippen LogP contribution in [0.25, 0.3) is 0 Å². The first-order chi connectivity index (χ1) is 18.6. The molecule has 2 aliphatic rings. The van der Waals surface area contributed by atoms with Crippen molar-refractivity contribution in [3.8, 4) is 11.5 Å². The third-order valence-corrected chi connectivity index (χ3v) is 7.70. The van der Waals surface area contributed by atoms with Gasteiger partial charge in [0, 0.05) is 46.2 Å². The van der Waals surface area contributed by atoms with Crippen LogP contribution in [-0.4, -0.2) is 47.7 Å². The van der Waals surface area contributed by atoms with E-state index in [1.807, 2.05) is 31.4 Å². The Kier molecular flexibility index (Phi) is 8.71. The SMILES string of the molecule is CCOc1cc([C@H]2C(C(=O)OCCOC(C)C)=C(C)NC3=C2C(=O)C[C@@H](c2cccs2)C3)cc([N+](=O)[O-])c1O. The molecule has 208 valence electrons. The molecule has 1 aromatic heterocycles. The Morgan fingerprint density at radius 2 is 2.05 bits per heavy atom. The number of rotatable bonds is 10. The van der Waals surface area contributed by atoms with Crippen LogP contribution in [-0.2, 0) is 19.1 Å². The van der Waals surface area contributed by atoms with Gasteiger partial charge in [-0.2, -0.15) is 0 Å². The number of nitro groups is 1. The topological polar surface area (TPSA) is 137 Å². The van der Waals surface area contributed by atoms with Crippen LogP contribution in [0.3, 0.4) is 0 Å². The number of nitrogens with zero attached hydrogens (tertiary/aromatic N) is 1. The van der Waals surface area contributed by atoms with Crippen LogP contribution in [0.1, 0.15) is 62.8 Å². The number of nitro benzene ring substituents is 1. The second kappa shape index (κ2) is 12.0. The molecule has 0 radical (unpaired) electrons. The van der Waals surface area contributed by atoms with Crippen molar-refractivity contribution in [1.29, 1.82) is 0 Å². The molecular weight excluding hydrogens is 524 g/mol. The molecule has 0 unspecified atom stereocenters. The molecular formula is C28H32N2O8S. The van der Waals surface area contributed by atoms with Gasteiger partial charge in [-0.05, 0) is 57.2 Å². The number of hydrogen-bond acceptors (Lipinski definition) is 10. The zero-order valence-corrected chi connectivity index (χ0v) is 23.1. The maximum Gasteiger partial charge on any atom is 0.336 e. The lowest BCUT2D eigenvalue weighted by Gasteiger charge is -2.36. The van der Waals surface area contributed by atoms with Crippen molar-refractivity contribution in [2.75, 3.05) is 19.8 Å². The van der Waals surface area contributed by atoms with E-state index in [0.29, 0.717) is 23.4 Å². The quantitative estimate of drug-likeness (QED) is 0.177. The third kappa shape index (κ3) is 5.99. The van der Waals surface area contributed by atoms with Crippen LogP contribution in [0.4, 0.5) is 5.69 Å². The maximum absolute atomic E-state index is 13.7. The summed E-state index contributed by atoms with van der Waals surface area (Å²) in [5, 5.41) is 27.5. The number of carbonyl (C=O) groups is 2. The molecule has 1 aliphatic carbocycles. The lowest BCUT2D eigenvalue weighted by atomic mass is 9.72. The average molecular weight is 557 g/mol. The van der Waals surface area contributed by atoms with E-state index < -0.39 is 28.2 Å². The molecule has 0 saturated carbocycles. The van der Waals surface area contributed by atoms with Crippen molar-refractivity contribution in [2.45, 2.75) is 58.5 Å². The maximum atomic E-state index is 13.7. The first-order valence-corrected chi connectivity index (χ1v) is 13.7. The number of ketones is 1. The molecule has 2 aromatic rings. The summed E-state index contributed by atoms with van der Waals surface area (Å²) in [5.74, 6) is -2.51. The average Bonchev–Trinajstić information content (AvgIpc) is 3.42. The summed E-state index contributed by atoms with van der Waals surface area (Å²) >= 11 is 1.58. The normalized spacial score (nSPS) is 19.2. The number of Topliss-reactive ketones (excluding diaryl/α,β-unsaturated/α-hetero) is 1. The van der Waals surface area contributed by atoms with E-state index in [1.54, 1.807) is 25.2 Å². The largest absolute Gasteiger partial charge is 0.500 e. The van der Waals surface area contributed by atoms with Crippen molar-refractivity contribution < 1.29 is 33.8 Å². The number of benzene rings is 1. The summed E-state index contributed by atoms with van der Waals surface area (Å²) in [4.78, 5) is 39.4. The molecule has 0 bridgehead atoms. The zero-order valence-electron chi connectivity index (χ0n) is 22.3. The van der Waals surface area contributed by atoms with E-state index in [9.17, 15) is 24.8 Å². The van der Waals surface area contributed by atoms with E-state index >= 15 is 0 Å². The van der Waals surface area contributed by atoms with Gasteiger partial charge >= 0.3 is 11.7 Å². The second-order valence-corrected chi connectivity index (χ2v) is 10.6. The highest BCUT2D eigenvalue weighted by Crippen LogP contribution is 2.49. The van der Waals surface area contributed by atoms with Gasteiger partial charge in [0.1, 0.15) is 6.61 Å². The van der Waals surface area contributed by atoms with Gasteiger partial charge in [-0.15, -0.1) is 11.3 Å². The van der Waals surface area contributed by atoms with Gasteiger partial charge in [-0.3, -0.25) is 14.9 Å². The Balaban J connectivity index is 1.81. The summed E-state index contributed by atoms with van der Waals surface area (Å²) in [5.41, 5.74) is 1.39. The number of dihydropyridines is 1. The van der Waals surface area contributed by atoms with Crippen molar-refractivity contribution in [3.05, 3.63) is 72.7 Å². The fourth-order valence-corrected chi connectivity index (χ4v) is 5.88. The Bertz CT molecular complexity index is 1330. The van der Waals surface area contributed by atoms with E-state index in [-0.39, 0.29) is 60.9 Å². The highest BCUT2D eigenvalue weighted by Gasteiger charge is 2.42. The summed E-state index contributed by atoms with van der Waals surface area (Å²) in [6.07, 6.45) is 0.741. The van der Waals surface area contributed by atoms with Crippen molar-refractivity contribution in [2.24, 2.45) is 0 Å². The molecule has 2 N–H and O–H groups in total. The number of phenolic OH excluding ortho intramolecular Hbond substituents is 1. The van der Waals surface area contributed by atoms with Gasteiger partial charge in [0.15, 0.2) is 11.5 Å². The lowest BCUT2D eigenvalue weighted by molar-refractivity contribution is -0.386. The molecule has 1 aromatic carbocycles. The van der Waals surface area contributed by atoms with E-state index in [1.165, 1.54) is 12.1 Å². The molecule has 0 amide bonds. The van der Waals surface area contributed by atoms with Crippen LogP contribution in [0.5, 0.6) is 11.5 Å². The minimum Gasteiger partial charge on any atom is -0.500 e. The van der Waals surface area contributed by atoms with Crippen LogP contribution in [0.2, 0.25) is 0 Å². The van der Waals surface area contributed by atoms with E-state index in [4.69, 9.17) is 14.2 Å². The predicted octanol–water partition coefficient (Wildman–Crippen LogP) is 5.09. The predicted molar refractivity (Wildman–Crippen MR) is 145 cm³/mol. The van der Waals surface area contributed by atoms with Gasteiger partial charge in [-0.1, -0.05) is 6.07 Å². The number of carbonyl (C=O) groups excluding carboxylic acids is 2. The first-order valence-electron chi connectivity index (χ1n) is 12.8. The number of hydrogen-bond donors (Lipinski definition) is 2. The van der Waals surface area contributed by atoms with Crippen LogP contribution >= 0.6 is 11.3 Å². The monoisotopic (exact) mass is 556 g/mol. The Morgan fingerprint density at radius 3 is 2.69 bits per heavy atom. The Labute approximate surface area is 230 Å². The minimum absolute atomic E-state index is 0.000732. The molecule has 10 nitrogen and oxygen atoms in total. The summed E-state index contributed by atoms with van der Waals surface area (Å²) in [7, 11) is 0. The van der Waals surface area contributed by atoms with Gasteiger partial charge < -0.3 is 24.6 Å². The number of phenols is 1. The number of aromatic hydroxyl groups is 1. The highest BCUT2D eigenvalue weighted by atomic mass is 32.1. The van der Waals surface area contributed by atoms with Gasteiger partial charge in [0.05, 0.1) is 29.8 Å². The molecule has 2 heterocycles. The first kappa shape index (κ1) is 28.3. The molecule has 2 atom stereocenters. The van der Waals surface area contributed by atoms with Crippen molar-refractivity contribution in [3.63, 3.8) is 0 Å². The molecule has 0 fully saturated rings. The molecule has 39 heavy (non-hydrogen) atoms. The molecule has 0 saturated heterocycles. The Morgan fingerprint density at radius 1 is 1.28 bits per heavy atom. The van der Waals surface area contributed by atoms with E-state index in [0.717, 1.165) is 4.88 Å². The Hall–Kier alpha value is -3.70. The summed E-state index contributed by atoms with van der Waals surface area (Å²) < 4.78 is 16.5. The fourth-order valence-electron chi connectivity index (χ4n) is 5.05. The molecule has 11 heteroatoms. The number of allylic oxidation sites excluding steroid dienone is 3. The summed E-state index contributed by atoms with van der Waals surface area (Å²) in [6.45, 7) is 7.49.